The molecule has 9 heteroatoms. The molecule has 0 fully saturated rings. The number of ether oxygens (including phenoxy) is 1. The van der Waals surface area contributed by atoms with Gasteiger partial charge in [-0.15, -0.1) is 11.3 Å². The van der Waals surface area contributed by atoms with Gasteiger partial charge in [-0.2, -0.15) is 0 Å². The molecular formula is C21H17Cl2N3O3S. The van der Waals surface area contributed by atoms with Gasteiger partial charge in [0.15, 0.2) is 6.61 Å². The van der Waals surface area contributed by atoms with Crippen molar-refractivity contribution in [2.45, 2.75) is 13.8 Å². The number of anilines is 2. The first-order chi connectivity index (χ1) is 14.3. The van der Waals surface area contributed by atoms with Crippen LogP contribution in [-0.2, 0) is 9.59 Å². The van der Waals surface area contributed by atoms with Crippen molar-refractivity contribution < 1.29 is 14.3 Å². The van der Waals surface area contributed by atoms with E-state index in [1.54, 1.807) is 35.6 Å². The van der Waals surface area contributed by atoms with E-state index in [2.05, 4.69) is 10.3 Å². The summed E-state index contributed by atoms with van der Waals surface area (Å²) in [4.78, 5) is 32.2. The molecule has 0 unspecified atom stereocenters. The Morgan fingerprint density at radius 2 is 2.03 bits per heavy atom. The summed E-state index contributed by atoms with van der Waals surface area (Å²) in [6, 6.07) is 10.3. The molecule has 30 heavy (non-hydrogen) atoms. The van der Waals surface area contributed by atoms with Crippen molar-refractivity contribution in [3.8, 4) is 17.0 Å². The van der Waals surface area contributed by atoms with E-state index in [1.165, 1.54) is 4.90 Å². The number of rotatable bonds is 4. The minimum Gasteiger partial charge on any atom is -0.482 e. The Labute approximate surface area is 187 Å². The van der Waals surface area contributed by atoms with Crippen LogP contribution in [0.2, 0.25) is 10.0 Å². The molecule has 1 N–H and O–H groups in total. The predicted octanol–water partition coefficient (Wildman–Crippen LogP) is 5.10. The first kappa shape index (κ1) is 20.7. The molecule has 154 valence electrons. The number of amides is 2. The van der Waals surface area contributed by atoms with Crippen molar-refractivity contribution in [3.63, 3.8) is 0 Å². The number of aromatic nitrogens is 1. The molecule has 0 bridgehead atoms. The van der Waals surface area contributed by atoms with Gasteiger partial charge in [-0.1, -0.05) is 23.2 Å². The molecule has 0 saturated heterocycles. The number of aryl methyl sites for hydroxylation is 2. The number of nitrogens with one attached hydrogen (secondary N) is 1. The van der Waals surface area contributed by atoms with Gasteiger partial charge in [0.05, 0.1) is 27.1 Å². The van der Waals surface area contributed by atoms with Crippen molar-refractivity contribution in [1.82, 2.24) is 4.98 Å². The number of carbonyl (C=O) groups is 2. The average molecular weight is 462 g/mol. The average Bonchev–Trinajstić information content (AvgIpc) is 3.04. The molecule has 6 nitrogen and oxygen atoms in total. The molecule has 4 rings (SSSR count). The maximum atomic E-state index is 12.6. The zero-order valence-corrected chi connectivity index (χ0v) is 18.5. The van der Waals surface area contributed by atoms with Gasteiger partial charge in [0, 0.05) is 15.5 Å². The quantitative estimate of drug-likeness (QED) is 0.586. The van der Waals surface area contributed by atoms with Crippen LogP contribution in [0.1, 0.15) is 9.88 Å². The number of carbonyl (C=O) groups excluding carboxylic acids is 2. The van der Waals surface area contributed by atoms with Gasteiger partial charge in [-0.25, -0.2) is 4.98 Å². The summed E-state index contributed by atoms with van der Waals surface area (Å²) in [5.74, 6) is -0.144. The minimum atomic E-state index is -0.383. The molecule has 0 saturated carbocycles. The SMILES string of the molecule is Cc1nc(-c2ccc3c(c2)N(CC(=O)Nc2ccc(Cl)cc2Cl)C(=O)CO3)c(C)s1. The topological polar surface area (TPSA) is 71.5 Å². The highest BCUT2D eigenvalue weighted by atomic mass is 35.5. The van der Waals surface area contributed by atoms with Gasteiger partial charge in [-0.3, -0.25) is 14.5 Å². The number of hydrogen-bond acceptors (Lipinski definition) is 5. The molecule has 0 aliphatic carbocycles. The molecule has 2 amide bonds. The van der Waals surface area contributed by atoms with Crippen LogP contribution in [0.4, 0.5) is 11.4 Å². The number of thiazole rings is 1. The van der Waals surface area contributed by atoms with E-state index in [4.69, 9.17) is 27.9 Å². The lowest BCUT2D eigenvalue weighted by Crippen LogP contribution is -2.43. The lowest BCUT2D eigenvalue weighted by molar-refractivity contribution is -0.123. The second-order valence-corrected chi connectivity index (χ2v) is 9.01. The van der Waals surface area contributed by atoms with E-state index >= 15 is 0 Å². The van der Waals surface area contributed by atoms with Crippen LogP contribution in [0.5, 0.6) is 5.75 Å². The number of hydrogen-bond donors (Lipinski definition) is 1. The fraction of sp³-hybridized carbons (Fsp3) is 0.190. The maximum absolute atomic E-state index is 12.6. The molecule has 1 aromatic heterocycles. The fourth-order valence-corrected chi connectivity index (χ4v) is 4.54. The van der Waals surface area contributed by atoms with Gasteiger partial charge in [-0.05, 0) is 50.2 Å². The lowest BCUT2D eigenvalue weighted by Gasteiger charge is -2.29. The maximum Gasteiger partial charge on any atom is 0.265 e. The molecule has 1 aliphatic rings. The Bertz CT molecular complexity index is 1160. The number of halogens is 2. The molecule has 1 aliphatic heterocycles. The summed E-state index contributed by atoms with van der Waals surface area (Å²) < 4.78 is 5.55. The van der Waals surface area contributed by atoms with E-state index in [-0.39, 0.29) is 25.0 Å². The summed E-state index contributed by atoms with van der Waals surface area (Å²) in [6.45, 7) is 3.65. The van der Waals surface area contributed by atoms with Gasteiger partial charge in [0.1, 0.15) is 12.3 Å². The van der Waals surface area contributed by atoms with Crippen molar-refractivity contribution in [2.75, 3.05) is 23.4 Å². The van der Waals surface area contributed by atoms with Crippen molar-refractivity contribution >= 4 is 57.7 Å². The smallest absolute Gasteiger partial charge is 0.265 e. The molecule has 0 atom stereocenters. The summed E-state index contributed by atoms with van der Waals surface area (Å²) in [7, 11) is 0. The van der Waals surface area contributed by atoms with E-state index in [1.807, 2.05) is 26.0 Å². The van der Waals surface area contributed by atoms with Crippen molar-refractivity contribution in [2.24, 2.45) is 0 Å². The first-order valence-electron chi connectivity index (χ1n) is 9.08. The van der Waals surface area contributed by atoms with Crippen LogP contribution in [0.3, 0.4) is 0 Å². The highest BCUT2D eigenvalue weighted by Gasteiger charge is 2.28. The molecule has 2 aromatic carbocycles. The summed E-state index contributed by atoms with van der Waals surface area (Å²) >= 11 is 13.6. The normalized spacial score (nSPS) is 13.1. The second-order valence-electron chi connectivity index (χ2n) is 6.76. The molecule has 0 spiro atoms. The second kappa shape index (κ2) is 8.26. The monoisotopic (exact) mass is 461 g/mol. The van der Waals surface area contributed by atoms with Gasteiger partial charge >= 0.3 is 0 Å². The first-order valence-corrected chi connectivity index (χ1v) is 10.7. The van der Waals surface area contributed by atoms with Crippen LogP contribution in [0.25, 0.3) is 11.3 Å². The third-order valence-electron chi connectivity index (χ3n) is 4.59. The largest absolute Gasteiger partial charge is 0.482 e. The summed E-state index contributed by atoms with van der Waals surface area (Å²) in [6.07, 6.45) is 0. The lowest BCUT2D eigenvalue weighted by atomic mass is 10.1. The third-order valence-corrected chi connectivity index (χ3v) is 6.02. The van der Waals surface area contributed by atoms with Crippen LogP contribution in [0, 0.1) is 13.8 Å². The molecule has 2 heterocycles. The highest BCUT2D eigenvalue weighted by Crippen LogP contribution is 2.37. The zero-order chi connectivity index (χ0) is 21.4. The Morgan fingerprint density at radius 1 is 1.23 bits per heavy atom. The minimum absolute atomic E-state index is 0.129. The van der Waals surface area contributed by atoms with Crippen LogP contribution in [0.15, 0.2) is 36.4 Å². The van der Waals surface area contributed by atoms with E-state index < -0.39 is 0 Å². The molecule has 0 radical (unpaired) electrons. The Kier molecular flexibility index (Phi) is 5.69. The summed E-state index contributed by atoms with van der Waals surface area (Å²) in [5, 5.41) is 4.47. The van der Waals surface area contributed by atoms with Gasteiger partial charge in [0.2, 0.25) is 5.91 Å². The van der Waals surface area contributed by atoms with Crippen molar-refractivity contribution in [3.05, 3.63) is 56.3 Å². The fourth-order valence-electron chi connectivity index (χ4n) is 3.24. The molecule has 3 aromatic rings. The Morgan fingerprint density at radius 3 is 2.73 bits per heavy atom. The van der Waals surface area contributed by atoms with E-state index in [0.717, 1.165) is 21.1 Å². The van der Waals surface area contributed by atoms with Crippen LogP contribution >= 0.6 is 34.5 Å². The number of nitrogens with zero attached hydrogens (tertiary/aromatic N) is 2. The standard InChI is InChI=1S/C21H17Cl2N3O3S/c1-11-21(24-12(2)30-11)13-3-6-18-17(7-13)26(20(28)10-29-18)9-19(27)25-16-5-4-14(22)8-15(16)23/h3-8H,9-10H2,1-2H3,(H,25,27). The van der Waals surface area contributed by atoms with Crippen molar-refractivity contribution in [1.29, 1.82) is 0 Å². The Hall–Kier alpha value is -2.61. The Balaban J connectivity index is 1.61. The highest BCUT2D eigenvalue weighted by molar-refractivity contribution is 7.11. The van der Waals surface area contributed by atoms with Gasteiger partial charge < -0.3 is 10.1 Å². The number of fused-ring (bicyclic) bond motifs is 1. The third kappa shape index (κ3) is 4.14. The van der Waals surface area contributed by atoms with Crippen LogP contribution in [-0.4, -0.2) is 29.9 Å². The predicted molar refractivity (Wildman–Crippen MR) is 120 cm³/mol. The van der Waals surface area contributed by atoms with E-state index in [0.29, 0.717) is 27.2 Å². The van der Waals surface area contributed by atoms with Crippen LogP contribution < -0.4 is 15.0 Å². The molecular weight excluding hydrogens is 445 g/mol. The summed E-state index contributed by atoms with van der Waals surface area (Å²) in [5.41, 5.74) is 2.68. The zero-order valence-electron chi connectivity index (χ0n) is 16.2. The number of benzene rings is 2. The van der Waals surface area contributed by atoms with E-state index in [9.17, 15) is 9.59 Å². The van der Waals surface area contributed by atoms with Gasteiger partial charge in [0.25, 0.3) is 5.91 Å².